The van der Waals surface area contributed by atoms with Crippen molar-refractivity contribution in [2.45, 2.75) is 6.04 Å². The van der Waals surface area contributed by atoms with Crippen molar-refractivity contribution in [1.82, 2.24) is 9.80 Å². The molecule has 1 aromatic rings. The molecule has 0 aliphatic carbocycles. The Balaban J connectivity index is 2.33. The van der Waals surface area contributed by atoms with E-state index in [1.54, 1.807) is 20.2 Å². The first kappa shape index (κ1) is 13.3. The molecule has 5 nitrogen and oxygen atoms in total. The second kappa shape index (κ2) is 4.87. The van der Waals surface area contributed by atoms with Crippen molar-refractivity contribution >= 4 is 11.8 Å². The maximum Gasteiger partial charge on any atom is 0.312 e. The van der Waals surface area contributed by atoms with E-state index in [2.05, 4.69) is 0 Å². The predicted molar refractivity (Wildman–Crippen MR) is 66.1 cm³/mol. The Morgan fingerprint density at radius 3 is 2.53 bits per heavy atom. The molecule has 1 saturated heterocycles. The van der Waals surface area contributed by atoms with Gasteiger partial charge >= 0.3 is 11.8 Å². The van der Waals surface area contributed by atoms with Gasteiger partial charge in [-0.3, -0.25) is 9.59 Å². The summed E-state index contributed by atoms with van der Waals surface area (Å²) in [6.07, 6.45) is 0. The molecular formula is C13H15FN2O3. The standard InChI is InChI=1S/C13H15FN2O3/c1-15-7-10(16(2)13(18)12(15)17)8-4-5-11(19-3)9(14)6-8/h4-6,10H,7H2,1-3H3. The molecule has 0 aromatic heterocycles. The lowest BCUT2D eigenvalue weighted by Crippen LogP contribution is -2.52. The highest BCUT2D eigenvalue weighted by Gasteiger charge is 2.35. The number of carbonyl (C=O) groups is 2. The molecule has 0 saturated carbocycles. The van der Waals surface area contributed by atoms with E-state index >= 15 is 0 Å². The zero-order valence-electron chi connectivity index (χ0n) is 11.0. The third kappa shape index (κ3) is 2.25. The Hall–Kier alpha value is -2.11. The number of benzene rings is 1. The molecule has 1 unspecified atom stereocenters. The zero-order chi connectivity index (χ0) is 14.2. The van der Waals surface area contributed by atoms with Crippen LogP contribution < -0.4 is 4.74 Å². The number of piperazine rings is 1. The van der Waals surface area contributed by atoms with Gasteiger partial charge in [-0.05, 0) is 17.7 Å². The smallest absolute Gasteiger partial charge is 0.312 e. The molecule has 1 heterocycles. The maximum absolute atomic E-state index is 13.7. The number of hydrogen-bond donors (Lipinski definition) is 0. The number of amides is 2. The minimum Gasteiger partial charge on any atom is -0.494 e. The predicted octanol–water partition coefficient (Wildman–Crippen LogP) is 0.806. The molecule has 19 heavy (non-hydrogen) atoms. The quantitative estimate of drug-likeness (QED) is 0.744. The summed E-state index contributed by atoms with van der Waals surface area (Å²) in [6, 6.07) is 4.19. The fraction of sp³-hybridized carbons (Fsp3) is 0.385. The van der Waals surface area contributed by atoms with Crippen molar-refractivity contribution in [2.24, 2.45) is 0 Å². The van der Waals surface area contributed by atoms with Gasteiger partial charge in [0, 0.05) is 20.6 Å². The monoisotopic (exact) mass is 266 g/mol. The minimum atomic E-state index is -0.588. The van der Waals surface area contributed by atoms with Gasteiger partial charge in [-0.25, -0.2) is 4.39 Å². The minimum absolute atomic E-state index is 0.151. The van der Waals surface area contributed by atoms with Crippen LogP contribution in [0.5, 0.6) is 5.75 Å². The lowest BCUT2D eigenvalue weighted by Gasteiger charge is -2.37. The first-order valence-corrected chi connectivity index (χ1v) is 5.81. The van der Waals surface area contributed by atoms with Crippen LogP contribution in [0.2, 0.25) is 0 Å². The molecular weight excluding hydrogens is 251 g/mol. The number of rotatable bonds is 2. The number of nitrogens with zero attached hydrogens (tertiary/aromatic N) is 2. The van der Waals surface area contributed by atoms with Gasteiger partial charge in [-0.2, -0.15) is 0 Å². The largest absolute Gasteiger partial charge is 0.494 e. The van der Waals surface area contributed by atoms with Gasteiger partial charge in [0.1, 0.15) is 0 Å². The summed E-state index contributed by atoms with van der Waals surface area (Å²) < 4.78 is 18.5. The second-order valence-electron chi connectivity index (χ2n) is 4.51. The van der Waals surface area contributed by atoms with Crippen LogP contribution in [-0.4, -0.2) is 49.4 Å². The molecule has 1 aliphatic rings. The molecule has 1 fully saturated rings. The fourth-order valence-corrected chi connectivity index (χ4v) is 2.14. The lowest BCUT2D eigenvalue weighted by molar-refractivity contribution is -0.156. The van der Waals surface area contributed by atoms with E-state index in [4.69, 9.17) is 4.74 Å². The number of methoxy groups -OCH3 is 1. The Labute approximate surface area is 110 Å². The summed E-state index contributed by atoms with van der Waals surface area (Å²) in [6.45, 7) is 0.340. The van der Waals surface area contributed by atoms with Crippen LogP contribution in [-0.2, 0) is 9.59 Å². The Morgan fingerprint density at radius 2 is 1.95 bits per heavy atom. The van der Waals surface area contributed by atoms with Gasteiger partial charge in [-0.15, -0.1) is 0 Å². The summed E-state index contributed by atoms with van der Waals surface area (Å²) in [5.41, 5.74) is 0.633. The molecule has 2 rings (SSSR count). The van der Waals surface area contributed by atoms with Gasteiger partial charge in [0.05, 0.1) is 13.2 Å². The summed E-state index contributed by atoms with van der Waals surface area (Å²) >= 11 is 0. The van der Waals surface area contributed by atoms with Crippen molar-refractivity contribution in [2.75, 3.05) is 27.7 Å². The van der Waals surface area contributed by atoms with E-state index in [9.17, 15) is 14.0 Å². The summed E-state index contributed by atoms with van der Waals surface area (Å²) in [4.78, 5) is 25.9. The Morgan fingerprint density at radius 1 is 1.26 bits per heavy atom. The van der Waals surface area contributed by atoms with Crippen LogP contribution in [0, 0.1) is 5.82 Å². The van der Waals surface area contributed by atoms with Crippen molar-refractivity contribution < 1.29 is 18.7 Å². The highest BCUT2D eigenvalue weighted by Crippen LogP contribution is 2.28. The summed E-state index contributed by atoms with van der Waals surface area (Å²) in [7, 11) is 4.49. The molecule has 0 spiro atoms. The van der Waals surface area contributed by atoms with E-state index in [0.717, 1.165) is 0 Å². The molecule has 1 aliphatic heterocycles. The van der Waals surface area contributed by atoms with Crippen LogP contribution in [0.1, 0.15) is 11.6 Å². The molecule has 0 N–H and O–H groups in total. The first-order chi connectivity index (χ1) is 8.95. The first-order valence-electron chi connectivity index (χ1n) is 5.81. The van der Waals surface area contributed by atoms with Crippen LogP contribution in [0.25, 0.3) is 0 Å². The van der Waals surface area contributed by atoms with Gasteiger partial charge in [0.2, 0.25) is 0 Å². The van der Waals surface area contributed by atoms with Crippen LogP contribution in [0.3, 0.4) is 0 Å². The second-order valence-corrected chi connectivity index (χ2v) is 4.51. The average Bonchev–Trinajstić information content (AvgIpc) is 2.40. The number of hydrogen-bond acceptors (Lipinski definition) is 3. The van der Waals surface area contributed by atoms with Crippen LogP contribution in [0.4, 0.5) is 4.39 Å². The Bertz CT molecular complexity index is 533. The van der Waals surface area contributed by atoms with Crippen molar-refractivity contribution in [3.8, 4) is 5.75 Å². The van der Waals surface area contributed by atoms with E-state index in [-0.39, 0.29) is 11.8 Å². The maximum atomic E-state index is 13.7. The van der Waals surface area contributed by atoms with Gasteiger partial charge in [-0.1, -0.05) is 6.07 Å². The van der Waals surface area contributed by atoms with Crippen LogP contribution in [0.15, 0.2) is 18.2 Å². The molecule has 0 radical (unpaired) electrons. The SMILES string of the molecule is COc1ccc(C2CN(C)C(=O)C(=O)N2C)cc1F. The van der Waals surface area contributed by atoms with E-state index in [1.165, 1.54) is 29.0 Å². The number of ether oxygens (including phenoxy) is 1. The molecule has 6 heteroatoms. The van der Waals surface area contributed by atoms with Crippen LogP contribution >= 0.6 is 0 Å². The average molecular weight is 266 g/mol. The molecule has 1 atom stereocenters. The van der Waals surface area contributed by atoms with Gasteiger partial charge in [0.15, 0.2) is 11.6 Å². The highest BCUT2D eigenvalue weighted by atomic mass is 19.1. The van der Waals surface area contributed by atoms with E-state index < -0.39 is 17.6 Å². The topological polar surface area (TPSA) is 49.9 Å². The van der Waals surface area contributed by atoms with Crippen molar-refractivity contribution in [3.05, 3.63) is 29.6 Å². The normalized spacial score (nSPS) is 19.9. The van der Waals surface area contributed by atoms with E-state index in [0.29, 0.717) is 12.1 Å². The molecule has 1 aromatic carbocycles. The molecule has 102 valence electrons. The number of halogens is 1. The zero-order valence-corrected chi connectivity index (χ0v) is 11.0. The fourth-order valence-electron chi connectivity index (χ4n) is 2.14. The van der Waals surface area contributed by atoms with Gasteiger partial charge < -0.3 is 14.5 Å². The molecule has 2 amide bonds. The van der Waals surface area contributed by atoms with E-state index in [1.807, 2.05) is 0 Å². The Kier molecular flexibility index (Phi) is 3.42. The summed E-state index contributed by atoms with van der Waals surface area (Å²) in [5.74, 6) is -1.47. The number of carbonyl (C=O) groups excluding carboxylic acids is 2. The lowest BCUT2D eigenvalue weighted by atomic mass is 10.0. The highest BCUT2D eigenvalue weighted by molar-refractivity contribution is 6.35. The molecule has 0 bridgehead atoms. The van der Waals surface area contributed by atoms with Crippen molar-refractivity contribution in [3.63, 3.8) is 0 Å². The van der Waals surface area contributed by atoms with Gasteiger partial charge in [0.25, 0.3) is 0 Å². The third-order valence-electron chi connectivity index (χ3n) is 3.32. The summed E-state index contributed by atoms with van der Waals surface area (Å²) in [5, 5.41) is 0. The van der Waals surface area contributed by atoms with Crippen molar-refractivity contribution in [1.29, 1.82) is 0 Å². The third-order valence-corrected chi connectivity index (χ3v) is 3.32. The number of likely N-dealkylation sites (N-methyl/N-ethyl adjacent to an activating group) is 2.